The average molecular weight is 236 g/mol. The van der Waals surface area contributed by atoms with Crippen molar-refractivity contribution in [2.24, 2.45) is 11.5 Å². The lowest BCUT2D eigenvalue weighted by atomic mass is 9.94. The first-order valence-electron chi connectivity index (χ1n) is 5.81. The van der Waals surface area contributed by atoms with E-state index in [1.807, 2.05) is 24.3 Å². The van der Waals surface area contributed by atoms with Crippen molar-refractivity contribution < 1.29 is 9.90 Å². The summed E-state index contributed by atoms with van der Waals surface area (Å²) >= 11 is 0. The molecule has 0 fully saturated rings. The number of carboxylic acids is 1. The Hall–Kier alpha value is -1.39. The molecule has 4 heteroatoms. The molecule has 0 saturated carbocycles. The molecule has 0 aliphatic carbocycles. The highest BCUT2D eigenvalue weighted by molar-refractivity contribution is 5.74. The van der Waals surface area contributed by atoms with Gasteiger partial charge >= 0.3 is 5.97 Å². The molecule has 0 saturated heterocycles. The zero-order valence-electron chi connectivity index (χ0n) is 10.3. The highest BCUT2D eigenvalue weighted by Gasteiger charge is 2.21. The summed E-state index contributed by atoms with van der Waals surface area (Å²) in [5.74, 6) is -0.586. The van der Waals surface area contributed by atoms with Gasteiger partial charge in [-0.2, -0.15) is 0 Å². The topological polar surface area (TPSA) is 89.3 Å². The van der Waals surface area contributed by atoms with Gasteiger partial charge in [0.05, 0.1) is 6.04 Å². The van der Waals surface area contributed by atoms with Crippen LogP contribution in [0.25, 0.3) is 0 Å². The Balaban J connectivity index is 2.83. The van der Waals surface area contributed by atoms with Crippen LogP contribution < -0.4 is 11.5 Å². The van der Waals surface area contributed by atoms with Crippen molar-refractivity contribution in [2.75, 3.05) is 0 Å². The van der Waals surface area contributed by atoms with Gasteiger partial charge in [-0.15, -0.1) is 0 Å². The Bertz CT molecular complexity index is 376. The van der Waals surface area contributed by atoms with Gasteiger partial charge in [-0.3, -0.25) is 4.79 Å². The van der Waals surface area contributed by atoms with E-state index in [1.54, 1.807) is 0 Å². The number of aliphatic carboxylic acids is 1. The van der Waals surface area contributed by atoms with E-state index in [9.17, 15) is 4.79 Å². The zero-order valence-corrected chi connectivity index (χ0v) is 10.3. The molecule has 0 amide bonds. The minimum absolute atomic E-state index is 0.494. The van der Waals surface area contributed by atoms with Gasteiger partial charge in [0.15, 0.2) is 0 Å². The maximum absolute atomic E-state index is 10.7. The molecule has 0 aliphatic rings. The minimum atomic E-state index is -1.08. The first kappa shape index (κ1) is 13.7. The number of hydrogen-bond acceptors (Lipinski definition) is 3. The standard InChI is InChI=1S/C13H20N2O2/c1-3-8(2)9-4-6-10(7-5-9)11(14)12(15)13(16)17/h4-8,11-12H,3,14-15H2,1-2H3,(H,16,17). The van der Waals surface area contributed by atoms with Crippen LogP contribution >= 0.6 is 0 Å². The van der Waals surface area contributed by atoms with Crippen molar-refractivity contribution >= 4 is 5.97 Å². The summed E-state index contributed by atoms with van der Waals surface area (Å²) in [4.78, 5) is 10.7. The lowest BCUT2D eigenvalue weighted by Gasteiger charge is -2.17. The molecule has 1 aromatic rings. The maximum Gasteiger partial charge on any atom is 0.322 e. The van der Waals surface area contributed by atoms with Crippen molar-refractivity contribution in [3.63, 3.8) is 0 Å². The third-order valence-corrected chi connectivity index (χ3v) is 3.17. The van der Waals surface area contributed by atoms with Gasteiger partial charge in [-0.05, 0) is 23.5 Å². The van der Waals surface area contributed by atoms with Gasteiger partial charge in [-0.25, -0.2) is 0 Å². The van der Waals surface area contributed by atoms with Crippen LogP contribution in [-0.2, 0) is 4.79 Å². The summed E-state index contributed by atoms with van der Waals surface area (Å²) < 4.78 is 0. The molecule has 0 spiro atoms. The van der Waals surface area contributed by atoms with E-state index in [2.05, 4.69) is 13.8 Å². The van der Waals surface area contributed by atoms with Crippen molar-refractivity contribution in [3.8, 4) is 0 Å². The average Bonchev–Trinajstić information content (AvgIpc) is 2.36. The molecular formula is C13H20N2O2. The number of nitrogens with two attached hydrogens (primary N) is 2. The predicted molar refractivity (Wildman–Crippen MR) is 67.7 cm³/mol. The minimum Gasteiger partial charge on any atom is -0.480 e. The summed E-state index contributed by atoms with van der Waals surface area (Å²) in [7, 11) is 0. The predicted octanol–water partition coefficient (Wildman–Crippen LogP) is 1.61. The van der Waals surface area contributed by atoms with E-state index in [4.69, 9.17) is 16.6 Å². The molecule has 1 aromatic carbocycles. The van der Waals surface area contributed by atoms with E-state index in [0.717, 1.165) is 12.0 Å². The molecule has 0 aliphatic heterocycles. The third-order valence-electron chi connectivity index (χ3n) is 3.17. The fraction of sp³-hybridized carbons (Fsp3) is 0.462. The first-order valence-corrected chi connectivity index (χ1v) is 5.81. The van der Waals surface area contributed by atoms with E-state index in [1.165, 1.54) is 5.56 Å². The normalized spacial score (nSPS) is 16.2. The second kappa shape index (κ2) is 5.80. The molecule has 3 atom stereocenters. The highest BCUT2D eigenvalue weighted by Crippen LogP contribution is 2.21. The molecule has 1 rings (SSSR count). The van der Waals surface area contributed by atoms with Crippen molar-refractivity contribution in [1.29, 1.82) is 0 Å². The Kier molecular flexibility index (Phi) is 4.66. The summed E-state index contributed by atoms with van der Waals surface area (Å²) in [6, 6.07) is 5.95. The molecule has 0 aromatic heterocycles. The van der Waals surface area contributed by atoms with Crippen LogP contribution in [0.1, 0.15) is 43.4 Å². The summed E-state index contributed by atoms with van der Waals surface area (Å²) in [6.45, 7) is 4.28. The van der Waals surface area contributed by atoms with Crippen LogP contribution in [0.2, 0.25) is 0 Å². The van der Waals surface area contributed by atoms with E-state index >= 15 is 0 Å². The Morgan fingerprint density at radius 1 is 1.24 bits per heavy atom. The lowest BCUT2D eigenvalue weighted by Crippen LogP contribution is -2.40. The summed E-state index contributed by atoms with van der Waals surface area (Å²) in [5.41, 5.74) is 13.3. The zero-order chi connectivity index (χ0) is 13.0. The quantitative estimate of drug-likeness (QED) is 0.724. The summed E-state index contributed by atoms with van der Waals surface area (Å²) in [6.07, 6.45) is 1.07. The van der Waals surface area contributed by atoms with Crippen molar-refractivity contribution in [2.45, 2.75) is 38.3 Å². The number of benzene rings is 1. The van der Waals surface area contributed by atoms with Crippen LogP contribution in [0.15, 0.2) is 24.3 Å². The second-order valence-corrected chi connectivity index (χ2v) is 4.37. The molecule has 3 unspecified atom stereocenters. The smallest absolute Gasteiger partial charge is 0.322 e. The molecule has 0 heterocycles. The number of rotatable bonds is 5. The van der Waals surface area contributed by atoms with Gasteiger partial charge < -0.3 is 16.6 Å². The van der Waals surface area contributed by atoms with Gasteiger partial charge in [0.25, 0.3) is 0 Å². The van der Waals surface area contributed by atoms with E-state index < -0.39 is 18.1 Å². The number of carboxylic acid groups (broad SMARTS) is 1. The second-order valence-electron chi connectivity index (χ2n) is 4.37. The Morgan fingerprint density at radius 3 is 2.12 bits per heavy atom. The monoisotopic (exact) mass is 236 g/mol. The summed E-state index contributed by atoms with van der Waals surface area (Å²) in [5, 5.41) is 8.79. The molecule has 0 bridgehead atoms. The molecule has 4 nitrogen and oxygen atoms in total. The Morgan fingerprint density at radius 2 is 1.71 bits per heavy atom. The molecule has 17 heavy (non-hydrogen) atoms. The van der Waals surface area contributed by atoms with Crippen LogP contribution in [0, 0.1) is 0 Å². The van der Waals surface area contributed by atoms with Gasteiger partial charge in [0.1, 0.15) is 6.04 Å². The SMILES string of the molecule is CCC(C)c1ccc(C(N)C(N)C(=O)O)cc1. The highest BCUT2D eigenvalue weighted by atomic mass is 16.4. The van der Waals surface area contributed by atoms with Crippen LogP contribution in [0.5, 0.6) is 0 Å². The number of hydrogen-bond donors (Lipinski definition) is 3. The largest absolute Gasteiger partial charge is 0.480 e. The third kappa shape index (κ3) is 3.28. The molecular weight excluding hydrogens is 216 g/mol. The molecule has 0 radical (unpaired) electrons. The molecule has 5 N–H and O–H groups in total. The fourth-order valence-electron chi connectivity index (χ4n) is 1.64. The van der Waals surface area contributed by atoms with E-state index in [-0.39, 0.29) is 0 Å². The van der Waals surface area contributed by atoms with Crippen LogP contribution in [0.4, 0.5) is 0 Å². The van der Waals surface area contributed by atoms with Crippen LogP contribution in [0.3, 0.4) is 0 Å². The molecule has 94 valence electrons. The maximum atomic E-state index is 10.7. The fourth-order valence-corrected chi connectivity index (χ4v) is 1.64. The Labute approximate surface area is 102 Å². The first-order chi connectivity index (χ1) is 7.97. The van der Waals surface area contributed by atoms with Gasteiger partial charge in [-0.1, -0.05) is 38.1 Å². The van der Waals surface area contributed by atoms with Crippen molar-refractivity contribution in [3.05, 3.63) is 35.4 Å². The van der Waals surface area contributed by atoms with E-state index in [0.29, 0.717) is 5.92 Å². The van der Waals surface area contributed by atoms with Crippen molar-refractivity contribution in [1.82, 2.24) is 0 Å². The van der Waals surface area contributed by atoms with Gasteiger partial charge in [0.2, 0.25) is 0 Å². The van der Waals surface area contributed by atoms with Gasteiger partial charge in [0, 0.05) is 0 Å². The van der Waals surface area contributed by atoms with Crippen LogP contribution in [-0.4, -0.2) is 17.1 Å². The lowest BCUT2D eigenvalue weighted by molar-refractivity contribution is -0.139. The number of carbonyl (C=O) groups is 1.